The van der Waals surface area contributed by atoms with Crippen LogP contribution in [0.4, 0.5) is 4.39 Å². The van der Waals surface area contributed by atoms with Gasteiger partial charge in [-0.3, -0.25) is 19.6 Å². The molecule has 6 rings (SSSR count). The van der Waals surface area contributed by atoms with Gasteiger partial charge in [0.25, 0.3) is 5.91 Å². The summed E-state index contributed by atoms with van der Waals surface area (Å²) in [6, 6.07) is 12.3. The molecule has 0 saturated heterocycles. The lowest BCUT2D eigenvalue weighted by molar-refractivity contribution is -0.123. The van der Waals surface area contributed by atoms with Crippen molar-refractivity contribution in [2.45, 2.75) is 50.7 Å². The molecule has 0 bridgehead atoms. The van der Waals surface area contributed by atoms with Crippen molar-refractivity contribution in [1.29, 1.82) is 0 Å². The van der Waals surface area contributed by atoms with Crippen LogP contribution in [-0.2, 0) is 15.8 Å². The molecule has 1 aliphatic heterocycles. The minimum atomic E-state index is -1.68. The average molecular weight is 598 g/mol. The van der Waals surface area contributed by atoms with E-state index < -0.39 is 28.6 Å². The van der Waals surface area contributed by atoms with Crippen molar-refractivity contribution in [3.05, 3.63) is 89.3 Å². The molecule has 3 heterocycles. The molecule has 2 aromatic carbocycles. The Morgan fingerprint density at radius 2 is 1.91 bits per heavy atom. The number of nitrogens with zero attached hydrogens (tertiary/aromatic N) is 3. The van der Waals surface area contributed by atoms with Crippen LogP contribution in [0.25, 0.3) is 22.5 Å². The molecular formula is C33H32FN5O5. The van der Waals surface area contributed by atoms with Crippen LogP contribution in [0.2, 0.25) is 0 Å². The van der Waals surface area contributed by atoms with E-state index in [4.69, 9.17) is 15.2 Å². The number of ether oxygens (including phenoxy) is 2. The number of benzene rings is 2. The fraction of sp³-hybridized carbons (Fsp3) is 0.303. The monoisotopic (exact) mass is 597 g/mol. The third-order valence-electron chi connectivity index (χ3n) is 8.00. The lowest BCUT2D eigenvalue weighted by Crippen LogP contribution is -2.41. The summed E-state index contributed by atoms with van der Waals surface area (Å²) < 4.78 is 25.7. The Hall–Kier alpha value is -4.90. The second-order valence-corrected chi connectivity index (χ2v) is 11.8. The zero-order valence-electron chi connectivity index (χ0n) is 24.6. The Kier molecular flexibility index (Phi) is 7.28. The van der Waals surface area contributed by atoms with E-state index in [2.05, 4.69) is 20.3 Å². The van der Waals surface area contributed by atoms with Crippen LogP contribution in [0, 0.1) is 12.7 Å². The van der Waals surface area contributed by atoms with E-state index in [0.29, 0.717) is 39.6 Å². The number of pyridine rings is 1. The molecule has 4 aromatic rings. The number of hydrogen-bond donors (Lipinski definition) is 3. The van der Waals surface area contributed by atoms with Crippen molar-refractivity contribution in [2.24, 2.45) is 5.73 Å². The molecule has 4 N–H and O–H groups in total. The van der Waals surface area contributed by atoms with Crippen LogP contribution in [0.5, 0.6) is 11.5 Å². The predicted octanol–water partition coefficient (Wildman–Crippen LogP) is 3.97. The third-order valence-corrected chi connectivity index (χ3v) is 8.00. The number of hydrogen-bond acceptors (Lipinski definition) is 8. The molecule has 1 aliphatic carbocycles. The van der Waals surface area contributed by atoms with Crippen LogP contribution in [0.1, 0.15) is 54.0 Å². The molecule has 2 amide bonds. The Morgan fingerprint density at radius 1 is 1.16 bits per heavy atom. The number of aromatic nitrogens is 3. The quantitative estimate of drug-likeness (QED) is 0.262. The maximum absolute atomic E-state index is 13.7. The van der Waals surface area contributed by atoms with E-state index >= 15 is 0 Å². The molecule has 226 valence electrons. The number of primary amides is 1. The largest absolute Gasteiger partial charge is 0.490 e. The standard InChI is InChI=1S/C33H32FN5O5/c1-18-14-37-25(15-36-18)23-11-6-20(12-26(23)44-22-9-10-22)30(40)38-16-33(3,42)27-13-24-29(43-17-32(24,2)31(35)41)28(39-27)19-4-7-21(34)8-5-19/h4-8,11-15,22,42H,9-10,16-17H2,1-3H3,(H2,35,41)(H,38,40)/t32-,33-/m0/s1. The molecule has 11 heteroatoms. The van der Waals surface area contributed by atoms with Crippen LogP contribution in [0.3, 0.4) is 0 Å². The number of rotatable bonds is 9. The molecule has 2 aliphatic rings. The minimum absolute atomic E-state index is 0.00863. The van der Waals surface area contributed by atoms with Gasteiger partial charge in [-0.15, -0.1) is 0 Å². The summed E-state index contributed by atoms with van der Waals surface area (Å²) in [6.45, 7) is 4.80. The molecule has 0 spiro atoms. The highest BCUT2D eigenvalue weighted by Crippen LogP contribution is 2.45. The average Bonchev–Trinajstić information content (AvgIpc) is 3.76. The maximum Gasteiger partial charge on any atom is 0.251 e. The molecule has 10 nitrogen and oxygen atoms in total. The lowest BCUT2D eigenvalue weighted by Gasteiger charge is -2.26. The van der Waals surface area contributed by atoms with Crippen LogP contribution in [0.15, 0.2) is 60.9 Å². The second-order valence-electron chi connectivity index (χ2n) is 11.8. The Morgan fingerprint density at radius 3 is 2.57 bits per heavy atom. The minimum Gasteiger partial charge on any atom is -0.490 e. The maximum atomic E-state index is 13.7. The van der Waals surface area contributed by atoms with Crippen molar-refractivity contribution < 1.29 is 28.6 Å². The Bertz CT molecular complexity index is 1760. The van der Waals surface area contributed by atoms with Gasteiger partial charge in [0.05, 0.1) is 35.9 Å². The number of fused-ring (bicyclic) bond motifs is 1. The van der Waals surface area contributed by atoms with E-state index in [1.807, 2.05) is 6.92 Å². The summed E-state index contributed by atoms with van der Waals surface area (Å²) >= 11 is 0. The van der Waals surface area contributed by atoms with Gasteiger partial charge in [-0.2, -0.15) is 0 Å². The molecule has 1 saturated carbocycles. The molecule has 0 radical (unpaired) electrons. The third kappa shape index (κ3) is 5.58. The number of carbonyl (C=O) groups is 2. The van der Waals surface area contributed by atoms with Gasteiger partial charge in [-0.05, 0) is 82.1 Å². The fourth-order valence-corrected chi connectivity index (χ4v) is 4.98. The van der Waals surface area contributed by atoms with E-state index in [1.165, 1.54) is 31.2 Å². The van der Waals surface area contributed by atoms with E-state index in [9.17, 15) is 19.1 Å². The Labute approximate surface area is 253 Å². The summed E-state index contributed by atoms with van der Waals surface area (Å²) in [5.41, 5.74) is 6.87. The normalized spacial score (nSPS) is 18.6. The number of amides is 2. The molecule has 1 fully saturated rings. The molecule has 2 atom stereocenters. The molecule has 0 unspecified atom stereocenters. The number of nitrogens with two attached hydrogens (primary N) is 1. The van der Waals surface area contributed by atoms with Gasteiger partial charge in [0.1, 0.15) is 40.6 Å². The van der Waals surface area contributed by atoms with E-state index in [1.54, 1.807) is 43.6 Å². The van der Waals surface area contributed by atoms with Crippen LogP contribution >= 0.6 is 0 Å². The SMILES string of the molecule is Cc1cnc(-c2ccc(C(=O)NC[C@](C)(O)c3cc4c(c(-c5ccc(F)cc5)n3)OC[C@]4(C)C(N)=O)cc2OC2CC2)cn1. The van der Waals surface area contributed by atoms with Crippen LogP contribution in [-0.4, -0.2) is 51.1 Å². The van der Waals surface area contributed by atoms with Gasteiger partial charge in [0.15, 0.2) is 0 Å². The number of halogens is 1. The highest BCUT2D eigenvalue weighted by atomic mass is 19.1. The number of aryl methyl sites for hydroxylation is 1. The fourth-order valence-electron chi connectivity index (χ4n) is 4.98. The highest BCUT2D eigenvalue weighted by molar-refractivity contribution is 5.95. The van der Waals surface area contributed by atoms with Crippen molar-refractivity contribution in [3.8, 4) is 34.0 Å². The van der Waals surface area contributed by atoms with Crippen LogP contribution < -0.4 is 20.5 Å². The second kappa shape index (κ2) is 11.0. The number of carbonyl (C=O) groups excluding carboxylic acids is 2. The summed E-state index contributed by atoms with van der Waals surface area (Å²) in [4.78, 5) is 39.2. The predicted molar refractivity (Wildman–Crippen MR) is 159 cm³/mol. The van der Waals surface area contributed by atoms with Gasteiger partial charge < -0.3 is 25.6 Å². The summed E-state index contributed by atoms with van der Waals surface area (Å²) in [5.74, 6) is -0.596. The van der Waals surface area contributed by atoms with Crippen molar-refractivity contribution >= 4 is 11.8 Å². The first-order chi connectivity index (χ1) is 20.9. The van der Waals surface area contributed by atoms with E-state index in [0.717, 1.165) is 24.1 Å². The van der Waals surface area contributed by atoms with Gasteiger partial charge in [0, 0.05) is 28.5 Å². The lowest BCUT2D eigenvalue weighted by atomic mass is 9.82. The van der Waals surface area contributed by atoms with Crippen molar-refractivity contribution in [3.63, 3.8) is 0 Å². The summed E-state index contributed by atoms with van der Waals surface area (Å²) in [6.07, 6.45) is 5.30. The Balaban J connectivity index is 1.29. The highest BCUT2D eigenvalue weighted by Gasteiger charge is 2.45. The van der Waals surface area contributed by atoms with Crippen molar-refractivity contribution in [1.82, 2.24) is 20.3 Å². The zero-order valence-corrected chi connectivity index (χ0v) is 24.6. The summed E-state index contributed by atoms with van der Waals surface area (Å²) in [5, 5.41) is 14.4. The van der Waals surface area contributed by atoms with Crippen molar-refractivity contribution in [2.75, 3.05) is 13.2 Å². The smallest absolute Gasteiger partial charge is 0.251 e. The first kappa shape index (κ1) is 29.2. The number of aliphatic hydroxyl groups is 1. The molecule has 44 heavy (non-hydrogen) atoms. The first-order valence-corrected chi connectivity index (χ1v) is 14.3. The first-order valence-electron chi connectivity index (χ1n) is 14.3. The topological polar surface area (TPSA) is 150 Å². The molecule has 2 aromatic heterocycles. The molecular weight excluding hydrogens is 565 g/mol. The zero-order chi connectivity index (χ0) is 31.2. The number of nitrogens with one attached hydrogen (secondary N) is 1. The van der Waals surface area contributed by atoms with Gasteiger partial charge in [-0.25, -0.2) is 9.37 Å². The van der Waals surface area contributed by atoms with Gasteiger partial charge >= 0.3 is 0 Å². The van der Waals surface area contributed by atoms with Gasteiger partial charge in [0.2, 0.25) is 5.91 Å². The summed E-state index contributed by atoms with van der Waals surface area (Å²) in [7, 11) is 0. The van der Waals surface area contributed by atoms with E-state index in [-0.39, 0.29) is 24.9 Å². The van der Waals surface area contributed by atoms with Gasteiger partial charge in [-0.1, -0.05) is 0 Å².